The van der Waals surface area contributed by atoms with E-state index in [1.165, 1.54) is 33.4 Å². The molecule has 1 aromatic carbocycles. The lowest BCUT2D eigenvalue weighted by molar-refractivity contribution is -0.693. The van der Waals surface area contributed by atoms with Crippen molar-refractivity contribution < 1.29 is 9.13 Å². The zero-order valence-corrected chi connectivity index (χ0v) is 17.8. The van der Waals surface area contributed by atoms with Crippen LogP contribution in [0.5, 0.6) is 0 Å². The van der Waals surface area contributed by atoms with Crippen LogP contribution in [0.3, 0.4) is 0 Å². The van der Waals surface area contributed by atoms with Gasteiger partial charge < -0.3 is 0 Å². The largest absolute Gasteiger partial charge is 0.242 e. The van der Waals surface area contributed by atoms with Crippen LogP contribution in [0.25, 0.3) is 11.1 Å². The molecule has 2 aromatic heterocycles. The Labute approximate surface area is 188 Å². The molecular formula is C28H24N4+4. The Hall–Kier alpha value is -4.18. The van der Waals surface area contributed by atoms with Crippen molar-refractivity contribution in [1.29, 1.82) is 0 Å². The van der Waals surface area contributed by atoms with E-state index in [2.05, 4.69) is 92.4 Å². The number of aliphatic imine (C=N–C) groups is 2. The summed E-state index contributed by atoms with van der Waals surface area (Å²) in [5, 5.41) is 0. The summed E-state index contributed by atoms with van der Waals surface area (Å²) in [4.78, 5) is 8.20. The molecular weight excluding hydrogens is 392 g/mol. The molecule has 0 amide bonds. The van der Waals surface area contributed by atoms with Gasteiger partial charge in [-0.25, -0.2) is 9.13 Å². The molecule has 32 heavy (non-hydrogen) atoms. The Kier molecular flexibility index (Phi) is 5.75. The van der Waals surface area contributed by atoms with Gasteiger partial charge in [-0.1, -0.05) is 24.3 Å². The van der Waals surface area contributed by atoms with E-state index in [9.17, 15) is 0 Å². The van der Waals surface area contributed by atoms with Crippen LogP contribution >= 0.6 is 0 Å². The van der Waals surface area contributed by atoms with Gasteiger partial charge in [0.15, 0.2) is 37.9 Å². The number of rotatable bonds is 6. The van der Waals surface area contributed by atoms with E-state index in [0.717, 1.165) is 13.1 Å². The van der Waals surface area contributed by atoms with Crippen LogP contribution in [0.2, 0.25) is 0 Å². The van der Waals surface area contributed by atoms with Gasteiger partial charge in [-0.15, -0.1) is 0 Å². The Morgan fingerprint density at radius 3 is 1.38 bits per heavy atom. The van der Waals surface area contributed by atoms with Crippen LogP contribution in [0.4, 0.5) is 0 Å². The number of hydrogen-bond donors (Lipinski definition) is 0. The molecule has 0 bridgehead atoms. The average Bonchev–Trinajstić information content (AvgIpc) is 2.87. The molecule has 0 unspecified atom stereocenters. The quantitative estimate of drug-likeness (QED) is 0.554. The highest BCUT2D eigenvalue weighted by molar-refractivity contribution is 5.90. The molecule has 0 fully saturated rings. The molecule has 2 aliphatic rings. The van der Waals surface area contributed by atoms with Crippen molar-refractivity contribution >= 4 is 23.6 Å². The highest BCUT2D eigenvalue weighted by Gasteiger charge is 2.13. The molecule has 152 valence electrons. The first-order valence-corrected chi connectivity index (χ1v) is 10.7. The standard InChI is InChI=1S/C28H24N4/c1-2-4-28(22-32-19-11-26(12-20-32)24-7-15-30-16-8-24)27(3-1)21-31-17-9-25(10-18-31)23-5-13-29-14-6-23/h1-20H,21-22H2/q+4. The number of aromatic nitrogens is 2. The van der Waals surface area contributed by atoms with Gasteiger partial charge in [0.1, 0.15) is 0 Å². The maximum atomic E-state index is 4.10. The average molecular weight is 417 g/mol. The highest BCUT2D eigenvalue weighted by Crippen LogP contribution is 2.16. The summed E-state index contributed by atoms with van der Waals surface area (Å²) >= 11 is 0. The summed E-state index contributed by atoms with van der Waals surface area (Å²) in [5.74, 6) is 0. The third-order valence-electron chi connectivity index (χ3n) is 5.63. The van der Waals surface area contributed by atoms with Crippen LogP contribution in [-0.4, -0.2) is 12.4 Å². The van der Waals surface area contributed by atoms with Crippen LogP contribution in [0.15, 0.2) is 110 Å². The molecule has 3 aromatic rings. The summed E-state index contributed by atoms with van der Waals surface area (Å²) in [6.45, 7) is 1.67. The van der Waals surface area contributed by atoms with E-state index in [0.29, 0.717) is 0 Å². The van der Waals surface area contributed by atoms with E-state index in [1.54, 1.807) is 0 Å². The maximum Gasteiger partial charge on any atom is 0.242 e. The van der Waals surface area contributed by atoms with E-state index in [-0.39, 0.29) is 0 Å². The fraction of sp³-hybridized carbons (Fsp3) is 0.0714. The van der Waals surface area contributed by atoms with Crippen molar-refractivity contribution in [1.82, 2.24) is 9.98 Å². The molecule has 4 heterocycles. The third kappa shape index (κ3) is 4.60. The zero-order chi connectivity index (χ0) is 21.6. The van der Waals surface area contributed by atoms with E-state index < -0.39 is 0 Å². The van der Waals surface area contributed by atoms with Gasteiger partial charge in [-0.3, -0.25) is 0 Å². The smallest absolute Gasteiger partial charge is 0.201 e. The third-order valence-corrected chi connectivity index (χ3v) is 5.63. The maximum absolute atomic E-state index is 4.10. The lowest BCUT2D eigenvalue weighted by atomic mass is 10.0. The summed E-state index contributed by atoms with van der Waals surface area (Å²) in [6, 6.07) is 17.3. The Bertz CT molecular complexity index is 1190. The topological polar surface area (TPSA) is 36.0 Å². The molecule has 0 atom stereocenters. The van der Waals surface area contributed by atoms with Crippen LogP contribution in [0.1, 0.15) is 22.3 Å². The summed E-state index contributed by atoms with van der Waals surface area (Å²) in [5.41, 5.74) is 7.39. The highest BCUT2D eigenvalue weighted by atomic mass is 14.9. The second kappa shape index (κ2) is 9.31. The van der Waals surface area contributed by atoms with E-state index >= 15 is 0 Å². The van der Waals surface area contributed by atoms with Gasteiger partial charge in [-0.2, -0.15) is 0 Å². The number of benzene rings is 1. The van der Waals surface area contributed by atoms with Crippen molar-refractivity contribution in [3.8, 4) is 0 Å². The van der Waals surface area contributed by atoms with Crippen molar-refractivity contribution in [3.63, 3.8) is 0 Å². The van der Waals surface area contributed by atoms with Gasteiger partial charge in [0.05, 0.1) is 9.98 Å². The van der Waals surface area contributed by atoms with Gasteiger partial charge in [0, 0.05) is 59.7 Å². The van der Waals surface area contributed by atoms with Gasteiger partial charge in [-0.05, 0) is 22.3 Å². The van der Waals surface area contributed by atoms with E-state index in [4.69, 9.17) is 0 Å². The molecule has 0 saturated carbocycles. The molecule has 0 spiro atoms. The minimum Gasteiger partial charge on any atom is -0.201 e. The Morgan fingerprint density at radius 1 is 0.562 bits per heavy atom. The fourth-order valence-electron chi connectivity index (χ4n) is 3.86. The van der Waals surface area contributed by atoms with Crippen molar-refractivity contribution in [2.75, 3.05) is 0 Å². The van der Waals surface area contributed by atoms with Gasteiger partial charge in [0.2, 0.25) is 24.8 Å². The molecule has 0 saturated heterocycles. The first-order valence-electron chi connectivity index (χ1n) is 10.7. The lowest BCUT2D eigenvalue weighted by Crippen LogP contribution is -2.36. The van der Waals surface area contributed by atoms with Crippen molar-refractivity contribution in [3.05, 3.63) is 132 Å². The predicted octanol–water partition coefficient (Wildman–Crippen LogP) is 2.99. The van der Waals surface area contributed by atoms with Crippen LogP contribution in [-0.2, 0) is 13.1 Å². The molecule has 2 aliphatic heterocycles. The fourth-order valence-corrected chi connectivity index (χ4v) is 3.86. The minimum absolute atomic E-state index is 0.836. The monoisotopic (exact) mass is 416 g/mol. The van der Waals surface area contributed by atoms with E-state index in [1.807, 2.05) is 49.1 Å². The normalized spacial score (nSPS) is 14.4. The summed E-state index contributed by atoms with van der Waals surface area (Å²) < 4.78 is 4.45. The van der Waals surface area contributed by atoms with Crippen LogP contribution in [0, 0.1) is 0 Å². The first kappa shape index (κ1) is 19.8. The van der Waals surface area contributed by atoms with Gasteiger partial charge >= 0.3 is 0 Å². The zero-order valence-electron chi connectivity index (χ0n) is 17.8. The molecule has 5 rings (SSSR count). The number of allylic oxidation sites excluding steroid dienone is 6. The molecule has 4 nitrogen and oxygen atoms in total. The van der Waals surface area contributed by atoms with Crippen LogP contribution < -0.4 is 19.1 Å². The summed E-state index contributed by atoms with van der Waals surface area (Å²) in [6.07, 6.45) is 24.0. The minimum atomic E-state index is 0.836. The number of pyridine rings is 2. The summed E-state index contributed by atoms with van der Waals surface area (Å²) in [7, 11) is 0. The Morgan fingerprint density at radius 2 is 1.00 bits per heavy atom. The van der Waals surface area contributed by atoms with Crippen molar-refractivity contribution in [2.24, 2.45) is 0 Å². The molecule has 0 N–H and O–H groups in total. The SMILES string of the molecule is C1=CC(c2cc[n+](Cc3ccccc3C[n+]3ccc(C4=CC=[N+]C=C4)cc3)cc2)=CC=[N+]1. The number of hydrogen-bond acceptors (Lipinski definition) is 2. The molecule has 0 aliphatic carbocycles. The molecule has 4 heteroatoms. The second-order valence-corrected chi connectivity index (χ2v) is 7.76. The lowest BCUT2D eigenvalue weighted by Gasteiger charge is -2.06. The first-order chi connectivity index (χ1) is 15.8. The second-order valence-electron chi connectivity index (χ2n) is 7.76. The van der Waals surface area contributed by atoms with Crippen molar-refractivity contribution in [2.45, 2.75) is 13.1 Å². The molecule has 2 radical (unpaired) electrons. The predicted molar refractivity (Wildman–Crippen MR) is 129 cm³/mol. The van der Waals surface area contributed by atoms with Gasteiger partial charge in [0.25, 0.3) is 0 Å². The Balaban J connectivity index is 1.31. The number of nitrogens with zero attached hydrogens (tertiary/aromatic N) is 4.